The highest BCUT2D eigenvalue weighted by atomic mass is 32.1. The van der Waals surface area contributed by atoms with Gasteiger partial charge in [0.1, 0.15) is 17.6 Å². The normalized spacial score (nSPS) is 18.5. The highest BCUT2D eigenvalue weighted by Crippen LogP contribution is 2.43. The van der Waals surface area contributed by atoms with Gasteiger partial charge >= 0.3 is 0 Å². The topological polar surface area (TPSA) is 79.7 Å². The van der Waals surface area contributed by atoms with Crippen LogP contribution in [0.5, 0.6) is 5.75 Å². The molecule has 2 aromatic heterocycles. The lowest BCUT2D eigenvalue weighted by atomic mass is 10.0. The number of Topliss-reactive ketones (excluding diaryl/α,β-unsaturated/α-hetero) is 1. The van der Waals surface area contributed by atoms with Crippen LogP contribution in [0.25, 0.3) is 5.76 Å². The van der Waals surface area contributed by atoms with Crippen LogP contribution < -0.4 is 9.64 Å². The van der Waals surface area contributed by atoms with Crippen LogP contribution in [0, 0.1) is 0 Å². The number of ether oxygens (including phenoxy) is 1. The van der Waals surface area contributed by atoms with E-state index in [2.05, 4.69) is 4.98 Å². The SMILES string of the molecule is COc1ccc(N2C(=O)C(=O)/C(=C(\O)c3ccncc3)C2c2cccs2)cc1. The highest BCUT2D eigenvalue weighted by molar-refractivity contribution is 7.10. The van der Waals surface area contributed by atoms with Crippen LogP contribution in [0.3, 0.4) is 0 Å². The maximum absolute atomic E-state index is 12.9. The van der Waals surface area contributed by atoms with Gasteiger partial charge in [0.25, 0.3) is 11.7 Å². The monoisotopic (exact) mass is 392 g/mol. The number of aromatic nitrogens is 1. The second-order valence-corrected chi connectivity index (χ2v) is 7.10. The summed E-state index contributed by atoms with van der Waals surface area (Å²) >= 11 is 1.42. The third-order valence-corrected chi connectivity index (χ3v) is 5.49. The summed E-state index contributed by atoms with van der Waals surface area (Å²) in [5, 5.41) is 12.7. The summed E-state index contributed by atoms with van der Waals surface area (Å²) in [6.07, 6.45) is 3.05. The summed E-state index contributed by atoms with van der Waals surface area (Å²) in [6.45, 7) is 0. The third kappa shape index (κ3) is 2.95. The molecule has 1 amide bonds. The van der Waals surface area contributed by atoms with Crippen LogP contribution in [0.4, 0.5) is 5.69 Å². The molecule has 1 atom stereocenters. The highest BCUT2D eigenvalue weighted by Gasteiger charge is 2.47. The Morgan fingerprint density at radius 3 is 2.43 bits per heavy atom. The van der Waals surface area contributed by atoms with Crippen molar-refractivity contribution in [3.63, 3.8) is 0 Å². The summed E-state index contributed by atoms with van der Waals surface area (Å²) in [5.74, 6) is -0.970. The molecule has 1 unspecified atom stereocenters. The minimum Gasteiger partial charge on any atom is -0.507 e. The predicted molar refractivity (Wildman–Crippen MR) is 106 cm³/mol. The van der Waals surface area contributed by atoms with E-state index in [9.17, 15) is 14.7 Å². The van der Waals surface area contributed by atoms with Crippen LogP contribution >= 0.6 is 11.3 Å². The molecule has 1 aliphatic heterocycles. The summed E-state index contributed by atoms with van der Waals surface area (Å²) in [6, 6.07) is 13.1. The quantitative estimate of drug-likeness (QED) is 0.415. The number of aliphatic hydroxyl groups excluding tert-OH is 1. The van der Waals surface area contributed by atoms with Gasteiger partial charge in [0, 0.05) is 28.5 Å². The molecule has 0 bridgehead atoms. The number of carbonyl (C=O) groups excluding carboxylic acids is 2. The lowest BCUT2D eigenvalue weighted by molar-refractivity contribution is -0.132. The molecular formula is C21H16N2O4S. The first-order valence-corrected chi connectivity index (χ1v) is 9.38. The number of aliphatic hydroxyl groups is 1. The number of carbonyl (C=O) groups is 2. The standard InChI is InChI=1S/C21H16N2O4S/c1-27-15-6-4-14(5-7-15)23-18(16-3-2-12-28-16)17(20(25)21(23)26)19(24)13-8-10-22-11-9-13/h2-12,18,24H,1H3/b19-17-. The van der Waals surface area contributed by atoms with Gasteiger partial charge in [-0.25, -0.2) is 0 Å². The summed E-state index contributed by atoms with van der Waals surface area (Å²) in [7, 11) is 1.56. The smallest absolute Gasteiger partial charge is 0.300 e. The van der Waals surface area contributed by atoms with E-state index < -0.39 is 17.7 Å². The second kappa shape index (κ2) is 7.28. The Kier molecular flexibility index (Phi) is 4.67. The Morgan fingerprint density at radius 2 is 1.82 bits per heavy atom. The fraction of sp³-hybridized carbons (Fsp3) is 0.0952. The van der Waals surface area contributed by atoms with E-state index in [-0.39, 0.29) is 11.3 Å². The molecule has 140 valence electrons. The van der Waals surface area contributed by atoms with Gasteiger partial charge < -0.3 is 9.84 Å². The molecule has 1 fully saturated rings. The first-order chi connectivity index (χ1) is 13.6. The lowest BCUT2D eigenvalue weighted by Gasteiger charge is -2.24. The van der Waals surface area contributed by atoms with Crippen molar-refractivity contribution < 1.29 is 19.4 Å². The van der Waals surface area contributed by atoms with E-state index in [0.29, 0.717) is 17.0 Å². The van der Waals surface area contributed by atoms with E-state index >= 15 is 0 Å². The number of methoxy groups -OCH3 is 1. The Hall–Kier alpha value is -3.45. The van der Waals surface area contributed by atoms with Crippen molar-refractivity contribution in [2.24, 2.45) is 0 Å². The average Bonchev–Trinajstić information content (AvgIpc) is 3.35. The Balaban J connectivity index is 1.89. The van der Waals surface area contributed by atoms with Gasteiger partial charge in [-0.2, -0.15) is 0 Å². The minimum atomic E-state index is -0.719. The molecule has 0 spiro atoms. The van der Waals surface area contributed by atoms with Gasteiger partial charge in [-0.05, 0) is 47.8 Å². The molecule has 6 nitrogen and oxygen atoms in total. The van der Waals surface area contributed by atoms with Crippen molar-refractivity contribution in [3.8, 4) is 5.75 Å². The van der Waals surface area contributed by atoms with E-state index in [1.165, 1.54) is 28.6 Å². The number of benzene rings is 1. The number of hydrogen-bond acceptors (Lipinski definition) is 6. The Morgan fingerprint density at radius 1 is 1.11 bits per heavy atom. The summed E-state index contributed by atoms with van der Waals surface area (Å²) < 4.78 is 5.17. The van der Waals surface area contributed by atoms with Gasteiger partial charge in [0.2, 0.25) is 0 Å². The second-order valence-electron chi connectivity index (χ2n) is 6.12. The average molecular weight is 392 g/mol. The van der Waals surface area contributed by atoms with Crippen molar-refractivity contribution in [2.75, 3.05) is 12.0 Å². The lowest BCUT2D eigenvalue weighted by Crippen LogP contribution is -2.29. The number of ketones is 1. The number of hydrogen-bond donors (Lipinski definition) is 1. The maximum Gasteiger partial charge on any atom is 0.300 e. The minimum absolute atomic E-state index is 0.0643. The molecule has 28 heavy (non-hydrogen) atoms. The van der Waals surface area contributed by atoms with E-state index in [1.54, 1.807) is 43.5 Å². The van der Waals surface area contributed by atoms with Crippen LogP contribution in [0.15, 0.2) is 71.9 Å². The molecule has 1 N–H and O–H groups in total. The molecule has 1 aromatic carbocycles. The number of nitrogens with zero attached hydrogens (tertiary/aromatic N) is 2. The molecule has 3 aromatic rings. The molecule has 4 rings (SSSR count). The van der Waals surface area contributed by atoms with Crippen LogP contribution in [0.2, 0.25) is 0 Å². The van der Waals surface area contributed by atoms with Gasteiger partial charge in [-0.1, -0.05) is 6.07 Å². The fourth-order valence-electron chi connectivity index (χ4n) is 3.22. The maximum atomic E-state index is 12.9. The largest absolute Gasteiger partial charge is 0.507 e. The van der Waals surface area contributed by atoms with E-state index in [4.69, 9.17) is 4.74 Å². The van der Waals surface area contributed by atoms with Gasteiger partial charge in [-0.15, -0.1) is 11.3 Å². The predicted octanol–water partition coefficient (Wildman–Crippen LogP) is 3.78. The third-order valence-electron chi connectivity index (χ3n) is 4.56. The van der Waals surface area contributed by atoms with Crippen molar-refractivity contribution in [1.29, 1.82) is 0 Å². The number of thiophene rings is 1. The Labute approximate surface area is 165 Å². The molecule has 0 saturated carbocycles. The number of pyridine rings is 1. The van der Waals surface area contributed by atoms with Gasteiger partial charge in [0.15, 0.2) is 0 Å². The van der Waals surface area contributed by atoms with E-state index in [0.717, 1.165) is 4.88 Å². The van der Waals surface area contributed by atoms with Crippen molar-refractivity contribution in [1.82, 2.24) is 4.98 Å². The van der Waals surface area contributed by atoms with E-state index in [1.807, 2.05) is 17.5 Å². The fourth-order valence-corrected chi connectivity index (χ4v) is 4.05. The van der Waals surface area contributed by atoms with Crippen LogP contribution in [-0.2, 0) is 9.59 Å². The zero-order valence-electron chi connectivity index (χ0n) is 14.9. The molecule has 3 heterocycles. The summed E-state index contributed by atoms with van der Waals surface area (Å²) in [5.41, 5.74) is 1.05. The van der Waals surface area contributed by atoms with Crippen LogP contribution in [-0.4, -0.2) is 28.9 Å². The molecule has 7 heteroatoms. The first kappa shape index (κ1) is 17.9. The zero-order chi connectivity index (χ0) is 19.7. The van der Waals surface area contributed by atoms with Crippen molar-refractivity contribution >= 4 is 34.5 Å². The van der Waals surface area contributed by atoms with Gasteiger partial charge in [-0.3, -0.25) is 19.5 Å². The van der Waals surface area contributed by atoms with Crippen LogP contribution in [0.1, 0.15) is 16.5 Å². The van der Waals surface area contributed by atoms with Gasteiger partial charge in [0.05, 0.1) is 12.7 Å². The molecule has 0 radical (unpaired) electrons. The molecular weight excluding hydrogens is 376 g/mol. The zero-order valence-corrected chi connectivity index (χ0v) is 15.7. The molecule has 1 saturated heterocycles. The van der Waals surface area contributed by atoms with Crippen molar-refractivity contribution in [2.45, 2.75) is 6.04 Å². The molecule has 1 aliphatic rings. The Bertz CT molecular complexity index is 1040. The number of rotatable bonds is 4. The first-order valence-electron chi connectivity index (χ1n) is 8.50. The number of amides is 1. The van der Waals surface area contributed by atoms with Crippen molar-refractivity contribution in [3.05, 3.63) is 82.3 Å². The number of anilines is 1. The molecule has 0 aliphatic carbocycles. The summed E-state index contributed by atoms with van der Waals surface area (Å²) in [4.78, 5) is 31.9.